The molecule has 3 aliphatic heterocycles. The van der Waals surface area contributed by atoms with E-state index in [1.165, 1.54) is 6.07 Å². The molecule has 1 aromatic rings. The van der Waals surface area contributed by atoms with E-state index < -0.39 is 82.8 Å². The maximum Gasteiger partial charge on any atom is 0.407 e. The van der Waals surface area contributed by atoms with Crippen LogP contribution in [0.4, 0.5) is 9.80 Å². The number of fused-ring (bicyclic) bond motifs is 5. The van der Waals surface area contributed by atoms with Crippen LogP contribution in [0.15, 0.2) is 35.9 Å². The number of rotatable bonds is 9. The topological polar surface area (TPSA) is 209 Å². The molecule has 0 radical (unpaired) electrons. The van der Waals surface area contributed by atoms with Crippen LogP contribution in [0.5, 0.6) is 0 Å². The second kappa shape index (κ2) is 20.0. The number of hydrogen-bond acceptors (Lipinski definition) is 15. The van der Waals surface area contributed by atoms with Crippen LogP contribution in [0, 0.1) is 33.8 Å². The van der Waals surface area contributed by atoms with Crippen molar-refractivity contribution in [3.8, 4) is 0 Å². The molecule has 3 fully saturated rings. The number of carbonyl (C=O) groups excluding carboxylic acids is 2. The van der Waals surface area contributed by atoms with Gasteiger partial charge in [-0.25, -0.2) is 4.79 Å². The maximum atomic E-state index is 13.9. The lowest BCUT2D eigenvalue weighted by Crippen LogP contribution is -2.60. The predicted molar refractivity (Wildman–Crippen MR) is 216 cm³/mol. The minimum Gasteiger partial charge on any atom is -0.459 e. The Morgan fingerprint density at radius 2 is 1.83 bits per heavy atom. The van der Waals surface area contributed by atoms with Gasteiger partial charge in [-0.15, -0.1) is 0 Å². The summed E-state index contributed by atoms with van der Waals surface area (Å²) < 4.78 is 37.9. The number of esters is 1. The summed E-state index contributed by atoms with van der Waals surface area (Å²) in [5.74, 6) is -3.48. The maximum absolute atomic E-state index is 13.9. The first kappa shape index (κ1) is 47.7. The van der Waals surface area contributed by atoms with Crippen molar-refractivity contribution in [1.29, 1.82) is 0 Å². The molecular formula is C41H65N3O13S. The summed E-state index contributed by atoms with van der Waals surface area (Å²) in [6.07, 6.45) is -4.65. The highest BCUT2D eigenvalue weighted by atomic mass is 32.1. The lowest BCUT2D eigenvalue weighted by atomic mass is 9.72. The Bertz CT molecular complexity index is 1620. The zero-order valence-corrected chi connectivity index (χ0v) is 36.4. The van der Waals surface area contributed by atoms with Gasteiger partial charge in [-0.2, -0.15) is 0 Å². The van der Waals surface area contributed by atoms with Crippen LogP contribution in [0.3, 0.4) is 0 Å². The van der Waals surface area contributed by atoms with Crippen molar-refractivity contribution in [2.24, 2.45) is 23.7 Å². The van der Waals surface area contributed by atoms with Crippen LogP contribution in [-0.2, 0) is 39.8 Å². The Morgan fingerprint density at radius 1 is 1.14 bits per heavy atom. The van der Waals surface area contributed by atoms with Gasteiger partial charge in [0, 0.05) is 28.8 Å². The fourth-order valence-electron chi connectivity index (χ4n) is 8.76. The quantitative estimate of drug-likeness (QED) is 0.115. The average molecular weight is 840 g/mol. The minimum absolute atomic E-state index is 0.0142. The number of likely N-dealkylation sites (N-methyl/N-ethyl adjacent to an activating group) is 1. The average Bonchev–Trinajstić information content (AvgIpc) is 3.64. The van der Waals surface area contributed by atoms with E-state index in [0.29, 0.717) is 16.9 Å². The zero-order chi connectivity index (χ0) is 43.3. The van der Waals surface area contributed by atoms with Gasteiger partial charge in [0.2, 0.25) is 0 Å². The number of nitrogens with zero attached hydrogens (tertiary/aromatic N) is 2. The van der Waals surface area contributed by atoms with Gasteiger partial charge in [0.15, 0.2) is 6.29 Å². The van der Waals surface area contributed by atoms with Gasteiger partial charge in [-0.05, 0) is 84.7 Å². The summed E-state index contributed by atoms with van der Waals surface area (Å²) in [7, 11) is 3.76. The number of amides is 1. The SMILES string of the molecule is C=C1COC2[C@@H](C)/C(=C/COC(=O)NCc3ccc([N+](=O)[O-])s3)[C@H](C)C[C@@](C)(OC1)[C@H](OC1O[C@H](C)C[C@H](N(C)C)[C@H]1O)[C@@H](C)[C@H](O)[C@@H](C)C(=O)O[C@H](CC)[C@@]2(C)O. The first-order chi connectivity index (χ1) is 27.1. The van der Waals surface area contributed by atoms with Crippen molar-refractivity contribution in [3.63, 3.8) is 0 Å². The number of hydrogen-bond donors (Lipinski definition) is 4. The number of cyclic esters (lactones) is 1. The highest BCUT2D eigenvalue weighted by Crippen LogP contribution is 2.43. The molecule has 4 heterocycles. The molecule has 1 aromatic heterocycles. The molecule has 4 N–H and O–H groups in total. The highest BCUT2D eigenvalue weighted by molar-refractivity contribution is 7.15. The molecule has 58 heavy (non-hydrogen) atoms. The number of nitrogens with one attached hydrogen (secondary N) is 1. The van der Waals surface area contributed by atoms with E-state index in [1.807, 2.05) is 46.7 Å². The molecule has 0 aliphatic carbocycles. The van der Waals surface area contributed by atoms with Crippen LogP contribution >= 0.6 is 11.3 Å². The summed E-state index contributed by atoms with van der Waals surface area (Å²) in [5.41, 5.74) is -1.68. The summed E-state index contributed by atoms with van der Waals surface area (Å²) in [6, 6.07) is 2.65. The van der Waals surface area contributed by atoms with E-state index in [0.717, 1.165) is 16.9 Å². The van der Waals surface area contributed by atoms with Crippen molar-refractivity contribution in [2.45, 2.75) is 141 Å². The van der Waals surface area contributed by atoms with Crippen LogP contribution < -0.4 is 5.32 Å². The van der Waals surface area contributed by atoms with E-state index in [1.54, 1.807) is 39.8 Å². The third-order valence-electron chi connectivity index (χ3n) is 12.0. The third-order valence-corrected chi connectivity index (χ3v) is 13.1. The standard InChI is InChI=1S/C41H65N3O13S/c1-12-31-41(9,49)36-25(5)29(15-16-52-39(48)42-19-28-13-14-32(58-28)44(50)51)23(3)18-40(8,54-21-22(2)20-53-36)35(26(6)33(45)27(7)37(47)56-31)57-38-34(46)30(43(10)11)17-24(4)55-38/h13-15,23-27,30-31,33-36,38,45-46,49H,2,12,16-21H2,1,3-11H3,(H,42,48)/b29-15+/t23-,24-,25+,26+,27-,30+,31-,33+,34-,35-,36?,38?,40-,41-/m1/s1. The van der Waals surface area contributed by atoms with Crippen molar-refractivity contribution >= 4 is 28.4 Å². The zero-order valence-electron chi connectivity index (χ0n) is 35.5. The summed E-state index contributed by atoms with van der Waals surface area (Å²) in [4.78, 5) is 39.8. The number of aliphatic hydroxyl groups is 3. The van der Waals surface area contributed by atoms with Gasteiger partial charge in [-0.3, -0.25) is 14.9 Å². The summed E-state index contributed by atoms with van der Waals surface area (Å²) >= 11 is 0.953. The second-order valence-corrected chi connectivity index (χ2v) is 18.1. The van der Waals surface area contributed by atoms with Gasteiger partial charge in [0.05, 0.1) is 60.6 Å². The molecule has 0 spiro atoms. The Morgan fingerprint density at radius 3 is 2.45 bits per heavy atom. The van der Waals surface area contributed by atoms with Gasteiger partial charge >= 0.3 is 17.1 Å². The number of ether oxygens (including phenoxy) is 6. The Hall–Kier alpha value is -3.00. The van der Waals surface area contributed by atoms with E-state index in [4.69, 9.17) is 28.4 Å². The number of thiophene rings is 1. The van der Waals surface area contributed by atoms with Crippen LogP contribution in [0.1, 0.15) is 79.5 Å². The van der Waals surface area contributed by atoms with E-state index in [9.17, 15) is 35.0 Å². The van der Waals surface area contributed by atoms with Crippen LogP contribution in [0.2, 0.25) is 0 Å². The lowest BCUT2D eigenvalue weighted by molar-refractivity contribution is -0.380. The van der Waals surface area contributed by atoms with Gasteiger partial charge in [0.25, 0.3) is 0 Å². The van der Waals surface area contributed by atoms with Gasteiger partial charge < -0.3 is 54.0 Å². The van der Waals surface area contributed by atoms with Crippen molar-refractivity contribution in [2.75, 3.05) is 33.9 Å². The highest BCUT2D eigenvalue weighted by Gasteiger charge is 2.52. The van der Waals surface area contributed by atoms with Crippen molar-refractivity contribution in [1.82, 2.24) is 10.2 Å². The Kier molecular flexibility index (Phi) is 16.5. The molecule has 328 valence electrons. The predicted octanol–water partition coefficient (Wildman–Crippen LogP) is 4.73. The first-order valence-corrected chi connectivity index (χ1v) is 20.9. The smallest absolute Gasteiger partial charge is 0.407 e. The molecule has 3 aliphatic rings. The van der Waals surface area contributed by atoms with Crippen molar-refractivity contribution < 1.29 is 58.3 Å². The molecule has 0 aromatic carbocycles. The third kappa shape index (κ3) is 11.2. The normalized spacial score (nSPS) is 39.0. The summed E-state index contributed by atoms with van der Waals surface area (Å²) in [6.45, 7) is 18.4. The summed E-state index contributed by atoms with van der Waals surface area (Å²) in [5, 5.41) is 49.6. The monoisotopic (exact) mass is 839 g/mol. The second-order valence-electron chi connectivity index (χ2n) is 17.0. The van der Waals surface area contributed by atoms with E-state index >= 15 is 0 Å². The largest absolute Gasteiger partial charge is 0.459 e. The number of nitro groups is 1. The number of alkyl carbamates (subject to hydrolysis) is 1. The molecule has 2 unspecified atom stereocenters. The Balaban J connectivity index is 1.80. The molecule has 17 heteroatoms. The van der Waals surface area contributed by atoms with Gasteiger partial charge in [0.1, 0.15) is 24.4 Å². The lowest BCUT2D eigenvalue weighted by Gasteiger charge is -2.48. The van der Waals surface area contributed by atoms with E-state index in [2.05, 4.69) is 11.9 Å². The van der Waals surface area contributed by atoms with Gasteiger partial charge in [-0.1, -0.05) is 51.2 Å². The van der Waals surface area contributed by atoms with Crippen LogP contribution in [0.25, 0.3) is 0 Å². The fraction of sp³-hybridized carbons (Fsp3) is 0.756. The molecule has 14 atom stereocenters. The fourth-order valence-corrected chi connectivity index (χ4v) is 9.52. The molecule has 4 rings (SSSR count). The van der Waals surface area contributed by atoms with E-state index in [-0.39, 0.29) is 62.3 Å². The molecule has 16 nitrogen and oxygen atoms in total. The molecule has 2 bridgehead atoms. The Labute approximate surface area is 346 Å². The molecule has 0 saturated carbocycles. The minimum atomic E-state index is -1.75. The first-order valence-electron chi connectivity index (χ1n) is 20.1. The van der Waals surface area contributed by atoms with Crippen LogP contribution in [-0.4, -0.2) is 131 Å². The molecule has 3 saturated heterocycles. The number of carbonyl (C=O) groups is 2. The molecular weight excluding hydrogens is 775 g/mol. The number of aliphatic hydroxyl groups excluding tert-OH is 2. The molecule has 1 amide bonds. The van der Waals surface area contributed by atoms with Crippen molar-refractivity contribution in [3.05, 3.63) is 50.9 Å².